The Bertz CT molecular complexity index is 444. The van der Waals surface area contributed by atoms with Gasteiger partial charge in [-0.05, 0) is 51.1 Å². The Balaban J connectivity index is 1.90. The molecule has 110 valence electrons. The molecule has 4 nitrogen and oxygen atoms in total. The molecule has 1 N–H and O–H groups in total. The van der Waals surface area contributed by atoms with E-state index in [-0.39, 0.29) is 12.5 Å². The summed E-state index contributed by atoms with van der Waals surface area (Å²) in [7, 11) is 2.15. The van der Waals surface area contributed by atoms with E-state index in [1.54, 1.807) is 0 Å². The number of piperidine rings is 1. The average Bonchev–Trinajstić information content (AvgIpc) is 2.40. The predicted molar refractivity (Wildman–Crippen MR) is 78.1 cm³/mol. The molecule has 1 heterocycles. The van der Waals surface area contributed by atoms with Crippen LogP contribution >= 0.6 is 0 Å². The van der Waals surface area contributed by atoms with Crippen LogP contribution in [-0.4, -0.2) is 42.2 Å². The molecule has 0 aliphatic carbocycles. The highest BCUT2D eigenvalue weighted by Gasteiger charge is 2.24. The number of hydrogen-bond donors (Lipinski definition) is 1. The van der Waals surface area contributed by atoms with Gasteiger partial charge in [-0.3, -0.25) is 4.79 Å². The number of aliphatic carboxylic acids is 1. The van der Waals surface area contributed by atoms with E-state index in [1.807, 2.05) is 24.3 Å². The molecule has 0 amide bonds. The molecule has 1 aliphatic rings. The van der Waals surface area contributed by atoms with Crippen LogP contribution in [0, 0.1) is 5.92 Å². The molecule has 1 aromatic rings. The van der Waals surface area contributed by atoms with Gasteiger partial charge in [-0.2, -0.15) is 0 Å². The molecule has 1 aromatic carbocycles. The third-order valence-electron chi connectivity index (χ3n) is 3.93. The van der Waals surface area contributed by atoms with Crippen LogP contribution in [0.1, 0.15) is 25.3 Å². The fraction of sp³-hybridized carbons (Fsp3) is 0.562. The quantitative estimate of drug-likeness (QED) is 0.898. The van der Waals surface area contributed by atoms with Gasteiger partial charge in [0.15, 0.2) is 0 Å². The number of rotatable bonds is 5. The number of hydrogen-bond acceptors (Lipinski definition) is 3. The monoisotopic (exact) mass is 277 g/mol. The molecule has 20 heavy (non-hydrogen) atoms. The van der Waals surface area contributed by atoms with Crippen LogP contribution < -0.4 is 4.74 Å². The van der Waals surface area contributed by atoms with Crippen molar-refractivity contribution >= 4 is 5.97 Å². The number of carbonyl (C=O) groups is 1. The Labute approximate surface area is 120 Å². The molecular weight excluding hydrogens is 254 g/mol. The molecule has 0 spiro atoms. The summed E-state index contributed by atoms with van der Waals surface area (Å²) in [6.07, 6.45) is 2.68. The van der Waals surface area contributed by atoms with Crippen molar-refractivity contribution in [1.82, 2.24) is 4.90 Å². The fourth-order valence-electron chi connectivity index (χ4n) is 2.76. The minimum atomic E-state index is -0.808. The van der Waals surface area contributed by atoms with E-state index in [2.05, 4.69) is 18.9 Å². The molecule has 0 aromatic heterocycles. The first-order chi connectivity index (χ1) is 9.54. The van der Waals surface area contributed by atoms with Crippen molar-refractivity contribution in [2.45, 2.75) is 32.3 Å². The standard InChI is InChI=1S/C16H23NO3/c1-12(14-4-3-9-17(2)11-14)20-15-7-5-13(6-8-15)10-16(18)19/h5-8,12,14H,3-4,9-11H2,1-2H3,(H,18,19). The average molecular weight is 277 g/mol. The van der Waals surface area contributed by atoms with Crippen LogP contribution in [0.4, 0.5) is 0 Å². The van der Waals surface area contributed by atoms with Gasteiger partial charge >= 0.3 is 5.97 Å². The van der Waals surface area contributed by atoms with Crippen molar-refractivity contribution in [3.63, 3.8) is 0 Å². The summed E-state index contributed by atoms with van der Waals surface area (Å²) in [5, 5.41) is 8.74. The van der Waals surface area contributed by atoms with Gasteiger partial charge in [0.2, 0.25) is 0 Å². The molecule has 4 heteroatoms. The van der Waals surface area contributed by atoms with Crippen molar-refractivity contribution in [3.05, 3.63) is 29.8 Å². The third kappa shape index (κ3) is 4.23. The zero-order valence-electron chi connectivity index (χ0n) is 12.2. The van der Waals surface area contributed by atoms with Crippen molar-refractivity contribution in [1.29, 1.82) is 0 Å². The predicted octanol–water partition coefficient (Wildman–Crippen LogP) is 2.42. The van der Waals surface area contributed by atoms with Gasteiger partial charge in [-0.15, -0.1) is 0 Å². The van der Waals surface area contributed by atoms with E-state index in [0.717, 1.165) is 17.9 Å². The molecule has 1 fully saturated rings. The molecule has 2 atom stereocenters. The van der Waals surface area contributed by atoms with E-state index in [4.69, 9.17) is 9.84 Å². The molecule has 2 unspecified atom stereocenters. The van der Waals surface area contributed by atoms with Gasteiger partial charge < -0.3 is 14.7 Å². The van der Waals surface area contributed by atoms with Crippen LogP contribution in [0.25, 0.3) is 0 Å². The Morgan fingerprint density at radius 1 is 1.45 bits per heavy atom. The smallest absolute Gasteiger partial charge is 0.307 e. The molecule has 0 bridgehead atoms. The van der Waals surface area contributed by atoms with Gasteiger partial charge in [0.05, 0.1) is 12.5 Å². The lowest BCUT2D eigenvalue weighted by Gasteiger charge is -2.33. The summed E-state index contributed by atoms with van der Waals surface area (Å²) in [6.45, 7) is 4.38. The number of nitrogens with zero attached hydrogens (tertiary/aromatic N) is 1. The van der Waals surface area contributed by atoms with Crippen LogP contribution in [0.5, 0.6) is 5.75 Å². The highest BCUT2D eigenvalue weighted by molar-refractivity contribution is 5.70. The maximum atomic E-state index is 10.6. The summed E-state index contributed by atoms with van der Waals surface area (Å²) in [5.41, 5.74) is 0.801. The lowest BCUT2D eigenvalue weighted by molar-refractivity contribution is -0.136. The zero-order valence-corrected chi connectivity index (χ0v) is 12.2. The fourth-order valence-corrected chi connectivity index (χ4v) is 2.76. The second-order valence-electron chi connectivity index (χ2n) is 5.70. The van der Waals surface area contributed by atoms with E-state index < -0.39 is 5.97 Å². The number of benzene rings is 1. The first-order valence-corrected chi connectivity index (χ1v) is 7.20. The van der Waals surface area contributed by atoms with Crippen molar-refractivity contribution in [2.24, 2.45) is 5.92 Å². The van der Waals surface area contributed by atoms with E-state index in [1.165, 1.54) is 19.4 Å². The van der Waals surface area contributed by atoms with Gasteiger partial charge in [0.1, 0.15) is 5.75 Å². The molecule has 1 saturated heterocycles. The Morgan fingerprint density at radius 2 is 2.15 bits per heavy atom. The Kier molecular flexibility index (Phi) is 5.01. The molecule has 2 rings (SSSR count). The number of ether oxygens (including phenoxy) is 1. The van der Waals surface area contributed by atoms with Crippen LogP contribution in [0.15, 0.2) is 24.3 Å². The molecule has 1 aliphatic heterocycles. The van der Waals surface area contributed by atoms with Gasteiger partial charge in [0.25, 0.3) is 0 Å². The van der Waals surface area contributed by atoms with E-state index in [0.29, 0.717) is 5.92 Å². The molecule has 0 saturated carbocycles. The number of carboxylic acid groups (broad SMARTS) is 1. The third-order valence-corrected chi connectivity index (χ3v) is 3.93. The van der Waals surface area contributed by atoms with Gasteiger partial charge in [-0.25, -0.2) is 0 Å². The highest BCUT2D eigenvalue weighted by atomic mass is 16.5. The minimum Gasteiger partial charge on any atom is -0.490 e. The molecular formula is C16H23NO3. The Hall–Kier alpha value is -1.55. The van der Waals surface area contributed by atoms with Crippen LogP contribution in [0.3, 0.4) is 0 Å². The number of carboxylic acids is 1. The number of likely N-dealkylation sites (tertiary alicyclic amines) is 1. The summed E-state index contributed by atoms with van der Waals surface area (Å²) in [5.74, 6) is 0.574. The lowest BCUT2D eigenvalue weighted by Crippen LogP contribution is -2.39. The highest BCUT2D eigenvalue weighted by Crippen LogP contribution is 2.23. The second-order valence-corrected chi connectivity index (χ2v) is 5.70. The minimum absolute atomic E-state index is 0.0588. The van der Waals surface area contributed by atoms with E-state index >= 15 is 0 Å². The Morgan fingerprint density at radius 3 is 2.75 bits per heavy atom. The SMILES string of the molecule is CC(Oc1ccc(CC(=O)O)cc1)C1CCCN(C)C1. The van der Waals surface area contributed by atoms with Gasteiger partial charge in [-0.1, -0.05) is 12.1 Å². The topological polar surface area (TPSA) is 49.8 Å². The summed E-state index contributed by atoms with van der Waals surface area (Å²) in [4.78, 5) is 13.0. The summed E-state index contributed by atoms with van der Waals surface area (Å²) < 4.78 is 5.99. The largest absolute Gasteiger partial charge is 0.490 e. The first kappa shape index (κ1) is 14.9. The van der Waals surface area contributed by atoms with Crippen molar-refractivity contribution in [3.8, 4) is 5.75 Å². The lowest BCUT2D eigenvalue weighted by atomic mass is 9.93. The molecule has 0 radical (unpaired) electrons. The maximum Gasteiger partial charge on any atom is 0.307 e. The second kappa shape index (κ2) is 6.75. The van der Waals surface area contributed by atoms with Crippen LogP contribution in [-0.2, 0) is 11.2 Å². The van der Waals surface area contributed by atoms with Crippen molar-refractivity contribution in [2.75, 3.05) is 20.1 Å². The summed E-state index contributed by atoms with van der Waals surface area (Å²) in [6, 6.07) is 7.37. The van der Waals surface area contributed by atoms with Crippen molar-refractivity contribution < 1.29 is 14.6 Å². The van der Waals surface area contributed by atoms with Gasteiger partial charge in [0, 0.05) is 12.5 Å². The zero-order chi connectivity index (χ0) is 14.5. The van der Waals surface area contributed by atoms with E-state index in [9.17, 15) is 4.79 Å². The maximum absolute atomic E-state index is 10.6. The van der Waals surface area contributed by atoms with Crippen LogP contribution in [0.2, 0.25) is 0 Å². The normalized spacial score (nSPS) is 21.4. The summed E-state index contributed by atoms with van der Waals surface area (Å²) >= 11 is 0. The first-order valence-electron chi connectivity index (χ1n) is 7.20.